The lowest BCUT2D eigenvalue weighted by Crippen LogP contribution is -2.29. The molecule has 0 bridgehead atoms. The highest BCUT2D eigenvalue weighted by Crippen LogP contribution is 2.34. The summed E-state index contributed by atoms with van der Waals surface area (Å²) >= 11 is 0. The van der Waals surface area contributed by atoms with Gasteiger partial charge in [-0.1, -0.05) is 48.5 Å². The molecule has 4 aromatic rings. The predicted molar refractivity (Wildman–Crippen MR) is 126 cm³/mol. The standard InChI is InChI=1S/C27H27FN4O/c1-30(18-20-8-3-2-4-9-20)27(33)26-24(32-17-6-5-11-25(32)29-26)19-31-16-7-10-23(31)21-12-14-22(28)15-13-21/h2-6,8-9,11-15,17,23H,7,10,16,18-19H2,1H3/t23-/m1/s1. The van der Waals surface area contributed by atoms with Crippen molar-refractivity contribution >= 4 is 11.6 Å². The first-order chi connectivity index (χ1) is 16.1. The minimum absolute atomic E-state index is 0.0879. The van der Waals surface area contributed by atoms with Crippen LogP contribution in [0.5, 0.6) is 0 Å². The number of hydrogen-bond donors (Lipinski definition) is 0. The first-order valence-corrected chi connectivity index (χ1v) is 11.3. The van der Waals surface area contributed by atoms with Gasteiger partial charge in [0, 0.05) is 32.4 Å². The lowest BCUT2D eigenvalue weighted by atomic mass is 10.0. The van der Waals surface area contributed by atoms with Crippen LogP contribution in [0.25, 0.3) is 5.65 Å². The van der Waals surface area contributed by atoms with Gasteiger partial charge in [-0.3, -0.25) is 9.69 Å². The van der Waals surface area contributed by atoms with E-state index in [0.29, 0.717) is 18.8 Å². The molecule has 3 heterocycles. The molecule has 1 aliphatic heterocycles. The number of fused-ring (bicyclic) bond motifs is 1. The minimum atomic E-state index is -0.223. The quantitative estimate of drug-likeness (QED) is 0.418. The largest absolute Gasteiger partial charge is 0.336 e. The Balaban J connectivity index is 1.45. The Hall–Kier alpha value is -3.51. The minimum Gasteiger partial charge on any atom is -0.336 e. The van der Waals surface area contributed by atoms with Gasteiger partial charge in [-0.05, 0) is 54.8 Å². The van der Waals surface area contributed by atoms with Gasteiger partial charge < -0.3 is 9.30 Å². The normalized spacial score (nSPS) is 16.4. The van der Waals surface area contributed by atoms with E-state index in [1.165, 1.54) is 12.1 Å². The molecule has 1 amide bonds. The zero-order chi connectivity index (χ0) is 22.8. The summed E-state index contributed by atoms with van der Waals surface area (Å²) in [7, 11) is 1.82. The lowest BCUT2D eigenvalue weighted by molar-refractivity contribution is 0.0777. The highest BCUT2D eigenvalue weighted by molar-refractivity contribution is 5.94. The highest BCUT2D eigenvalue weighted by Gasteiger charge is 2.30. The highest BCUT2D eigenvalue weighted by atomic mass is 19.1. The van der Waals surface area contributed by atoms with Crippen molar-refractivity contribution in [3.05, 3.63) is 107 Å². The molecule has 0 aliphatic carbocycles. The molecule has 168 valence electrons. The second kappa shape index (κ2) is 9.16. The molecule has 1 saturated heterocycles. The van der Waals surface area contributed by atoms with E-state index in [1.54, 1.807) is 4.90 Å². The third-order valence-corrected chi connectivity index (χ3v) is 6.41. The number of hydrogen-bond acceptors (Lipinski definition) is 3. The van der Waals surface area contributed by atoms with E-state index in [2.05, 4.69) is 4.90 Å². The third kappa shape index (κ3) is 4.39. The van der Waals surface area contributed by atoms with Gasteiger partial charge in [0.25, 0.3) is 5.91 Å². The molecule has 1 aliphatic rings. The van der Waals surface area contributed by atoms with Crippen molar-refractivity contribution in [2.75, 3.05) is 13.6 Å². The van der Waals surface area contributed by atoms with E-state index in [0.717, 1.165) is 41.9 Å². The number of likely N-dealkylation sites (tertiary alicyclic amines) is 1. The van der Waals surface area contributed by atoms with Gasteiger partial charge in [0.2, 0.25) is 0 Å². The Kier molecular flexibility index (Phi) is 5.92. The third-order valence-electron chi connectivity index (χ3n) is 6.41. The zero-order valence-electron chi connectivity index (χ0n) is 18.7. The van der Waals surface area contributed by atoms with Crippen LogP contribution >= 0.6 is 0 Å². The van der Waals surface area contributed by atoms with Crippen molar-refractivity contribution in [3.8, 4) is 0 Å². The number of amides is 1. The summed E-state index contributed by atoms with van der Waals surface area (Å²) in [6.45, 7) is 2.05. The van der Waals surface area contributed by atoms with Crippen molar-refractivity contribution in [1.29, 1.82) is 0 Å². The molecule has 5 nitrogen and oxygen atoms in total. The number of pyridine rings is 1. The molecular weight excluding hydrogens is 415 g/mol. The predicted octanol–water partition coefficient (Wildman–Crippen LogP) is 5.08. The van der Waals surface area contributed by atoms with E-state index in [9.17, 15) is 9.18 Å². The van der Waals surface area contributed by atoms with Crippen LogP contribution in [0.15, 0.2) is 79.0 Å². The number of rotatable bonds is 6. The smallest absolute Gasteiger partial charge is 0.274 e. The van der Waals surface area contributed by atoms with Crippen LogP contribution < -0.4 is 0 Å². The van der Waals surface area contributed by atoms with Gasteiger partial charge in [0.1, 0.15) is 11.5 Å². The summed E-state index contributed by atoms with van der Waals surface area (Å²) in [6, 6.07) is 22.8. The summed E-state index contributed by atoms with van der Waals surface area (Å²) in [6.07, 6.45) is 4.05. The van der Waals surface area contributed by atoms with Crippen LogP contribution in [-0.4, -0.2) is 38.7 Å². The number of imidazole rings is 1. The molecule has 0 radical (unpaired) electrons. The van der Waals surface area contributed by atoms with Crippen molar-refractivity contribution in [2.45, 2.75) is 32.0 Å². The lowest BCUT2D eigenvalue weighted by Gasteiger charge is -2.25. The van der Waals surface area contributed by atoms with E-state index >= 15 is 0 Å². The first-order valence-electron chi connectivity index (χ1n) is 11.3. The molecule has 2 aromatic carbocycles. The zero-order valence-corrected chi connectivity index (χ0v) is 18.7. The fraction of sp³-hybridized carbons (Fsp3) is 0.259. The maximum atomic E-state index is 13.5. The maximum Gasteiger partial charge on any atom is 0.274 e. The Morgan fingerprint density at radius 1 is 1.06 bits per heavy atom. The van der Waals surface area contributed by atoms with Gasteiger partial charge >= 0.3 is 0 Å². The van der Waals surface area contributed by atoms with Crippen LogP contribution in [-0.2, 0) is 13.1 Å². The SMILES string of the molecule is CN(Cc1ccccc1)C(=O)c1nc2ccccn2c1CN1CCC[C@@H]1c1ccc(F)cc1. The fourth-order valence-electron chi connectivity index (χ4n) is 4.75. The average Bonchev–Trinajstić information content (AvgIpc) is 3.45. The van der Waals surface area contributed by atoms with Gasteiger partial charge in [-0.15, -0.1) is 0 Å². The van der Waals surface area contributed by atoms with Crippen molar-refractivity contribution < 1.29 is 9.18 Å². The van der Waals surface area contributed by atoms with Crippen molar-refractivity contribution in [1.82, 2.24) is 19.2 Å². The number of nitrogens with zero attached hydrogens (tertiary/aromatic N) is 4. The number of aromatic nitrogens is 2. The van der Waals surface area contributed by atoms with Crippen LogP contribution in [0.3, 0.4) is 0 Å². The number of benzene rings is 2. The Morgan fingerprint density at radius 3 is 2.61 bits per heavy atom. The van der Waals surface area contributed by atoms with E-state index in [1.807, 2.05) is 78.3 Å². The van der Waals surface area contributed by atoms with Gasteiger partial charge in [-0.25, -0.2) is 9.37 Å². The molecule has 6 heteroatoms. The topological polar surface area (TPSA) is 40.9 Å². The molecule has 0 unspecified atom stereocenters. The molecule has 0 spiro atoms. The second-order valence-corrected chi connectivity index (χ2v) is 8.66. The monoisotopic (exact) mass is 442 g/mol. The number of carbonyl (C=O) groups is 1. The summed E-state index contributed by atoms with van der Waals surface area (Å²) < 4.78 is 15.5. The summed E-state index contributed by atoms with van der Waals surface area (Å²) in [5.74, 6) is -0.311. The molecule has 5 rings (SSSR count). The maximum absolute atomic E-state index is 13.5. The second-order valence-electron chi connectivity index (χ2n) is 8.66. The molecular formula is C27H27FN4O. The van der Waals surface area contributed by atoms with E-state index in [-0.39, 0.29) is 17.8 Å². The van der Waals surface area contributed by atoms with Crippen molar-refractivity contribution in [2.24, 2.45) is 0 Å². The molecule has 2 aromatic heterocycles. The molecule has 0 N–H and O–H groups in total. The molecule has 33 heavy (non-hydrogen) atoms. The summed E-state index contributed by atoms with van der Waals surface area (Å²) in [5, 5.41) is 0. The van der Waals surface area contributed by atoms with Crippen LogP contribution in [0.2, 0.25) is 0 Å². The first kappa shape index (κ1) is 21.3. The number of carbonyl (C=O) groups excluding carboxylic acids is 1. The number of halogens is 1. The van der Waals surface area contributed by atoms with Gasteiger partial charge in [0.15, 0.2) is 5.69 Å². The molecule has 1 fully saturated rings. The molecule has 1 atom stereocenters. The molecule has 0 saturated carbocycles. The Bertz CT molecular complexity index is 1250. The summed E-state index contributed by atoms with van der Waals surface area (Å²) in [5.41, 5.74) is 4.33. The van der Waals surface area contributed by atoms with Crippen molar-refractivity contribution in [3.63, 3.8) is 0 Å². The van der Waals surface area contributed by atoms with E-state index in [4.69, 9.17) is 4.98 Å². The van der Waals surface area contributed by atoms with Gasteiger partial charge in [0.05, 0.1) is 5.69 Å². The summed E-state index contributed by atoms with van der Waals surface area (Å²) in [4.78, 5) is 22.3. The Labute approximate surface area is 193 Å². The van der Waals surface area contributed by atoms with E-state index < -0.39 is 0 Å². The van der Waals surface area contributed by atoms with Gasteiger partial charge in [-0.2, -0.15) is 0 Å². The fourth-order valence-corrected chi connectivity index (χ4v) is 4.75. The van der Waals surface area contributed by atoms with Crippen LogP contribution in [0.1, 0.15) is 46.2 Å². The average molecular weight is 443 g/mol. The van der Waals surface area contributed by atoms with Crippen LogP contribution in [0.4, 0.5) is 4.39 Å². The van der Waals surface area contributed by atoms with Crippen LogP contribution in [0, 0.1) is 5.82 Å². The Morgan fingerprint density at radius 2 is 1.82 bits per heavy atom.